The summed E-state index contributed by atoms with van der Waals surface area (Å²) in [7, 11) is 0. The van der Waals surface area contributed by atoms with E-state index >= 15 is 0 Å². The molecule has 1 heterocycles. The minimum atomic E-state index is -0.501. The second kappa shape index (κ2) is 10.2. The summed E-state index contributed by atoms with van der Waals surface area (Å²) in [5, 5.41) is 9.16. The van der Waals surface area contributed by atoms with E-state index in [0.717, 1.165) is 38.3 Å². The van der Waals surface area contributed by atoms with Gasteiger partial charge in [-0.3, -0.25) is 14.5 Å². The predicted octanol–water partition coefficient (Wildman–Crippen LogP) is 0.391. The Labute approximate surface area is 150 Å². The third-order valence-electron chi connectivity index (χ3n) is 4.41. The van der Waals surface area contributed by atoms with Crippen LogP contribution < -0.4 is 16.0 Å². The number of amides is 2. The molecule has 1 aromatic rings. The largest absolute Gasteiger partial charge is 0.353 e. The molecule has 3 N–H and O–H groups in total. The molecule has 0 spiro atoms. The summed E-state index contributed by atoms with van der Waals surface area (Å²) in [5.41, 5.74) is 0.946. The molecule has 138 valence electrons. The lowest BCUT2D eigenvalue weighted by Crippen LogP contribution is -2.52. The number of hydrogen-bond donors (Lipinski definition) is 3. The van der Waals surface area contributed by atoms with Gasteiger partial charge in [-0.05, 0) is 11.5 Å². The molecule has 2 amide bonds. The standard InChI is InChI=1S/C19H30N4O2/c1-15(2)18(22-17(24)14-16-6-4-3-5-7-16)19(25)21-10-13-23-11-8-20-9-12-23/h3-7,15,18,20H,8-14H2,1-2H3,(H,21,25)(H,22,24). The number of nitrogens with one attached hydrogen (secondary N) is 3. The molecule has 2 rings (SSSR count). The van der Waals surface area contributed by atoms with Gasteiger partial charge in [-0.1, -0.05) is 44.2 Å². The molecule has 1 aromatic carbocycles. The van der Waals surface area contributed by atoms with Crippen LogP contribution in [0.5, 0.6) is 0 Å². The zero-order valence-corrected chi connectivity index (χ0v) is 15.3. The summed E-state index contributed by atoms with van der Waals surface area (Å²) in [5.74, 6) is -0.187. The molecule has 6 heteroatoms. The maximum atomic E-state index is 12.5. The Kier molecular flexibility index (Phi) is 7.88. The van der Waals surface area contributed by atoms with Crippen molar-refractivity contribution in [1.29, 1.82) is 0 Å². The fourth-order valence-electron chi connectivity index (χ4n) is 2.92. The number of carbonyl (C=O) groups excluding carboxylic acids is 2. The smallest absolute Gasteiger partial charge is 0.242 e. The summed E-state index contributed by atoms with van der Waals surface area (Å²) in [4.78, 5) is 27.0. The van der Waals surface area contributed by atoms with E-state index in [2.05, 4.69) is 20.9 Å². The SMILES string of the molecule is CC(C)C(NC(=O)Cc1ccccc1)C(=O)NCCN1CCNCC1. The van der Waals surface area contributed by atoms with Crippen molar-refractivity contribution in [2.24, 2.45) is 5.92 Å². The number of rotatable bonds is 8. The highest BCUT2D eigenvalue weighted by molar-refractivity contribution is 5.88. The van der Waals surface area contributed by atoms with Gasteiger partial charge >= 0.3 is 0 Å². The van der Waals surface area contributed by atoms with Gasteiger partial charge in [0.15, 0.2) is 0 Å². The molecular weight excluding hydrogens is 316 g/mol. The van der Waals surface area contributed by atoms with E-state index in [1.54, 1.807) is 0 Å². The second-order valence-electron chi connectivity index (χ2n) is 6.83. The Morgan fingerprint density at radius 1 is 1.16 bits per heavy atom. The van der Waals surface area contributed by atoms with E-state index in [-0.39, 0.29) is 24.2 Å². The number of piperazine rings is 1. The van der Waals surface area contributed by atoms with Crippen molar-refractivity contribution in [2.45, 2.75) is 26.3 Å². The first-order chi connectivity index (χ1) is 12.1. The summed E-state index contributed by atoms with van der Waals surface area (Å²) < 4.78 is 0. The highest BCUT2D eigenvalue weighted by Crippen LogP contribution is 2.04. The van der Waals surface area contributed by atoms with Gasteiger partial charge in [0.25, 0.3) is 0 Å². The third kappa shape index (κ3) is 6.84. The highest BCUT2D eigenvalue weighted by Gasteiger charge is 2.24. The monoisotopic (exact) mass is 346 g/mol. The molecule has 1 aliphatic rings. The van der Waals surface area contributed by atoms with Gasteiger partial charge in [-0.25, -0.2) is 0 Å². The molecule has 0 aromatic heterocycles. The Balaban J connectivity index is 1.77. The molecule has 25 heavy (non-hydrogen) atoms. The molecular formula is C19H30N4O2. The number of carbonyl (C=O) groups is 2. The Morgan fingerprint density at radius 3 is 2.48 bits per heavy atom. The van der Waals surface area contributed by atoms with Crippen LogP contribution in [0.4, 0.5) is 0 Å². The summed E-state index contributed by atoms with van der Waals surface area (Å²) in [6, 6.07) is 9.06. The van der Waals surface area contributed by atoms with Crippen molar-refractivity contribution in [2.75, 3.05) is 39.3 Å². The van der Waals surface area contributed by atoms with Crippen LogP contribution in [0.2, 0.25) is 0 Å². The molecule has 1 atom stereocenters. The number of benzene rings is 1. The van der Waals surface area contributed by atoms with Crippen LogP contribution in [0, 0.1) is 5.92 Å². The molecule has 1 saturated heterocycles. The van der Waals surface area contributed by atoms with Gasteiger partial charge in [0.1, 0.15) is 6.04 Å². The fraction of sp³-hybridized carbons (Fsp3) is 0.579. The Morgan fingerprint density at radius 2 is 1.84 bits per heavy atom. The van der Waals surface area contributed by atoms with Gasteiger partial charge in [0.05, 0.1) is 6.42 Å². The summed E-state index contributed by atoms with van der Waals surface area (Å²) in [6.07, 6.45) is 0.290. The molecule has 1 unspecified atom stereocenters. The van der Waals surface area contributed by atoms with Crippen molar-refractivity contribution < 1.29 is 9.59 Å². The van der Waals surface area contributed by atoms with Crippen molar-refractivity contribution in [1.82, 2.24) is 20.9 Å². The molecule has 0 saturated carbocycles. The van der Waals surface area contributed by atoms with Gasteiger partial charge in [0.2, 0.25) is 11.8 Å². The minimum absolute atomic E-state index is 0.0407. The van der Waals surface area contributed by atoms with Crippen molar-refractivity contribution in [3.63, 3.8) is 0 Å². The molecule has 0 bridgehead atoms. The van der Waals surface area contributed by atoms with Crippen molar-refractivity contribution >= 4 is 11.8 Å². The van der Waals surface area contributed by atoms with Crippen molar-refractivity contribution in [3.8, 4) is 0 Å². The average Bonchev–Trinajstić information content (AvgIpc) is 2.61. The lowest BCUT2D eigenvalue weighted by atomic mass is 10.0. The summed E-state index contributed by atoms with van der Waals surface area (Å²) >= 11 is 0. The number of nitrogens with zero attached hydrogens (tertiary/aromatic N) is 1. The van der Waals surface area contributed by atoms with Crippen molar-refractivity contribution in [3.05, 3.63) is 35.9 Å². The maximum absolute atomic E-state index is 12.5. The first-order valence-corrected chi connectivity index (χ1v) is 9.10. The highest BCUT2D eigenvalue weighted by atomic mass is 16.2. The van der Waals surface area contributed by atoms with E-state index < -0.39 is 6.04 Å². The van der Waals surface area contributed by atoms with E-state index in [0.29, 0.717) is 6.54 Å². The molecule has 1 fully saturated rings. The Bertz CT molecular complexity index is 542. The first kappa shape index (κ1) is 19.4. The van der Waals surface area contributed by atoms with Crippen LogP contribution in [-0.2, 0) is 16.0 Å². The van der Waals surface area contributed by atoms with Crippen LogP contribution >= 0.6 is 0 Å². The molecule has 1 aliphatic heterocycles. The second-order valence-corrected chi connectivity index (χ2v) is 6.83. The summed E-state index contributed by atoms with van der Waals surface area (Å²) in [6.45, 7) is 9.37. The van der Waals surface area contributed by atoms with E-state index in [1.165, 1.54) is 0 Å². The normalized spacial score (nSPS) is 16.4. The lowest BCUT2D eigenvalue weighted by Gasteiger charge is -2.28. The molecule has 6 nitrogen and oxygen atoms in total. The first-order valence-electron chi connectivity index (χ1n) is 9.10. The zero-order valence-electron chi connectivity index (χ0n) is 15.3. The zero-order chi connectivity index (χ0) is 18.1. The van der Waals surface area contributed by atoms with Crippen LogP contribution in [0.3, 0.4) is 0 Å². The topological polar surface area (TPSA) is 73.5 Å². The van der Waals surface area contributed by atoms with Crippen LogP contribution in [0.25, 0.3) is 0 Å². The van der Waals surface area contributed by atoms with Crippen LogP contribution in [0.1, 0.15) is 19.4 Å². The van der Waals surface area contributed by atoms with Gasteiger partial charge in [-0.2, -0.15) is 0 Å². The number of hydrogen-bond acceptors (Lipinski definition) is 4. The fourth-order valence-corrected chi connectivity index (χ4v) is 2.92. The van der Waals surface area contributed by atoms with Gasteiger partial charge in [0, 0.05) is 39.3 Å². The van der Waals surface area contributed by atoms with Gasteiger partial charge < -0.3 is 16.0 Å². The average molecular weight is 346 g/mol. The van der Waals surface area contributed by atoms with Crippen LogP contribution in [-0.4, -0.2) is 62.0 Å². The van der Waals surface area contributed by atoms with E-state index in [1.807, 2.05) is 44.2 Å². The van der Waals surface area contributed by atoms with E-state index in [4.69, 9.17) is 0 Å². The van der Waals surface area contributed by atoms with E-state index in [9.17, 15) is 9.59 Å². The Hall–Kier alpha value is -1.92. The lowest BCUT2D eigenvalue weighted by molar-refractivity contribution is -0.129. The minimum Gasteiger partial charge on any atom is -0.353 e. The molecule has 0 aliphatic carbocycles. The predicted molar refractivity (Wildman–Crippen MR) is 99.2 cm³/mol. The van der Waals surface area contributed by atoms with Crippen LogP contribution in [0.15, 0.2) is 30.3 Å². The van der Waals surface area contributed by atoms with Gasteiger partial charge in [-0.15, -0.1) is 0 Å². The third-order valence-corrected chi connectivity index (χ3v) is 4.41. The quantitative estimate of drug-likeness (QED) is 0.637. The maximum Gasteiger partial charge on any atom is 0.242 e. The molecule has 0 radical (unpaired) electrons.